The molecule has 42 nitrogen and oxygen atoms in total. The number of nitrogen functional groups attached to an aromatic ring is 1. The number of nitrogens with two attached hydrogens (primary N) is 2. The Hall–Kier alpha value is -13.4. The number of para-hydroxylation sites is 2. The average molecular weight is 1650 g/mol. The molecule has 1 fully saturated rings. The number of ether oxygens (including phenoxy) is 1. The highest BCUT2D eigenvalue weighted by Gasteiger charge is 2.41. The monoisotopic (exact) mass is 1650 g/mol. The van der Waals surface area contributed by atoms with Crippen molar-refractivity contribution in [2.24, 2.45) is 11.7 Å². The van der Waals surface area contributed by atoms with E-state index < -0.39 is 261 Å². The van der Waals surface area contributed by atoms with E-state index in [0.29, 0.717) is 34.9 Å². The maximum absolute atomic E-state index is 14.9. The van der Waals surface area contributed by atoms with Crippen LogP contribution in [0.15, 0.2) is 85.1 Å². The lowest BCUT2D eigenvalue weighted by Crippen LogP contribution is -2.62. The van der Waals surface area contributed by atoms with Crippen molar-refractivity contribution in [3.8, 4) is 0 Å². The van der Waals surface area contributed by atoms with Crippen molar-refractivity contribution in [2.45, 2.75) is 203 Å². The highest BCUT2D eigenvalue weighted by molar-refractivity contribution is 6.05. The molecule has 1 saturated heterocycles. The number of unbranched alkanes of at least 4 members (excludes halogenated alkanes) is 6. The zero-order valence-corrected chi connectivity index (χ0v) is 65.0. The SMILES string of the molecule is CCCCCCCCCC(=O)N[C@@H](Cc1c[nH]c2ccccc12)C(=O)N[C@@H](CC(N)=O)C(=O)N[C@@H](CC(=O)O)C(=O)N[C@@H]1C(=O)NCC(=O)N[C@@H](Cc2ccccc2)C(=O)N[C@@H](CC(=O)O)C(=O)N[C@H](C)C(=O)N[C@@H](CC(=O)O)C(=O)NCC(=O)N[C@H](CO)C(=O)N[C@@H]([C@@H](C)CC(=O)O)C(=O)N[C@@H](CC(=O)c2ccccc2N)C(=O)O[C@@H]1C. The molecule has 0 radical (unpaired) electrons. The number of Topliss-reactive ketones (excluding diaryl/α,β-unsaturated/α-hetero) is 1. The predicted molar refractivity (Wildman–Crippen MR) is 412 cm³/mol. The number of cyclic esters (lactones) is 1. The first-order chi connectivity index (χ1) is 55.9. The number of aromatic amines is 1. The van der Waals surface area contributed by atoms with Crippen LogP contribution in [0.25, 0.3) is 10.9 Å². The topological polar surface area (TPSA) is 676 Å². The van der Waals surface area contributed by atoms with E-state index in [1.807, 2.05) is 16.0 Å². The number of esters is 1. The van der Waals surface area contributed by atoms with Crippen LogP contribution in [-0.4, -0.2) is 241 Å². The number of benzene rings is 3. The second kappa shape index (κ2) is 47.4. The minimum absolute atomic E-state index is 0.0191. The van der Waals surface area contributed by atoms with Crippen LogP contribution < -0.4 is 80.6 Å². The average Bonchev–Trinajstić information content (AvgIpc) is 1.48. The Bertz CT molecular complexity index is 4330. The number of carboxylic acids is 4. The molecule has 1 aliphatic heterocycles. The van der Waals surface area contributed by atoms with Crippen LogP contribution in [0.1, 0.15) is 139 Å². The molecule has 23 N–H and O–H groups in total. The third kappa shape index (κ3) is 31.7. The lowest BCUT2D eigenvalue weighted by atomic mass is 9.96. The lowest BCUT2D eigenvalue weighted by Gasteiger charge is -2.30. The Labute approximate surface area is 674 Å². The van der Waals surface area contributed by atoms with E-state index >= 15 is 0 Å². The van der Waals surface area contributed by atoms with Gasteiger partial charge in [-0.15, -0.1) is 0 Å². The quantitative estimate of drug-likeness (QED) is 0.00914. The molecular weight excluding hydrogens is 1550 g/mol. The molecule has 42 heteroatoms. The van der Waals surface area contributed by atoms with Crippen LogP contribution in [0.4, 0.5) is 5.69 Å². The van der Waals surface area contributed by atoms with Crippen LogP contribution in [0.3, 0.4) is 0 Å². The zero-order valence-electron chi connectivity index (χ0n) is 65.0. The molecule has 5 rings (SSSR count). The first-order valence-corrected chi connectivity index (χ1v) is 37.7. The summed E-state index contributed by atoms with van der Waals surface area (Å²) in [4.78, 5) is 278. The van der Waals surface area contributed by atoms with Gasteiger partial charge in [-0.1, -0.05) is 113 Å². The first-order valence-electron chi connectivity index (χ1n) is 37.7. The van der Waals surface area contributed by atoms with Gasteiger partial charge in [-0.05, 0) is 55.5 Å². The number of aliphatic hydroxyl groups excluding tert-OH is 1. The fraction of sp³-hybridized carbons (Fsp3) is 0.474. The van der Waals surface area contributed by atoms with Gasteiger partial charge in [0, 0.05) is 54.0 Å². The molecule has 0 unspecified atom stereocenters. The van der Waals surface area contributed by atoms with E-state index in [0.717, 1.165) is 52.9 Å². The fourth-order valence-corrected chi connectivity index (χ4v) is 12.2. The number of nitrogens with one attached hydrogen (secondary N) is 14. The number of H-pyrrole nitrogens is 1. The summed E-state index contributed by atoms with van der Waals surface area (Å²) in [5.74, 6) is -29.7. The second-order valence-corrected chi connectivity index (χ2v) is 28.0. The van der Waals surface area contributed by atoms with Gasteiger partial charge in [-0.2, -0.15) is 0 Å². The van der Waals surface area contributed by atoms with Crippen LogP contribution >= 0.6 is 0 Å². The maximum Gasteiger partial charge on any atom is 0.329 e. The highest BCUT2D eigenvalue weighted by Crippen LogP contribution is 2.22. The number of amides is 14. The number of anilines is 1. The van der Waals surface area contributed by atoms with E-state index in [-0.39, 0.29) is 24.1 Å². The van der Waals surface area contributed by atoms with Crippen molar-refractivity contribution in [3.63, 3.8) is 0 Å². The summed E-state index contributed by atoms with van der Waals surface area (Å²) < 4.78 is 5.71. The van der Waals surface area contributed by atoms with Crippen molar-refractivity contribution < 1.29 is 126 Å². The maximum atomic E-state index is 14.9. The summed E-state index contributed by atoms with van der Waals surface area (Å²) in [6, 6.07) is -3.10. The van der Waals surface area contributed by atoms with Gasteiger partial charge in [-0.3, -0.25) is 91.1 Å². The van der Waals surface area contributed by atoms with Gasteiger partial charge in [0.2, 0.25) is 82.7 Å². The zero-order chi connectivity index (χ0) is 87.5. The number of ketones is 1. The van der Waals surface area contributed by atoms with Crippen molar-refractivity contribution in [3.05, 3.63) is 102 Å². The number of fused-ring (bicyclic) bond motifs is 1. The molecular formula is C76H100N16O26. The molecule has 4 aromatic rings. The number of aliphatic hydroxyl groups is 1. The molecule has 0 saturated carbocycles. The normalized spacial score (nSPS) is 20.9. The van der Waals surface area contributed by atoms with Gasteiger partial charge in [-0.25, -0.2) is 4.79 Å². The number of aliphatic carboxylic acids is 4. The minimum atomic E-state index is -2.46. The number of primary amides is 1. The molecule has 1 aromatic heterocycles. The third-order valence-electron chi connectivity index (χ3n) is 18.4. The van der Waals surface area contributed by atoms with E-state index in [4.69, 9.17) is 16.2 Å². The van der Waals surface area contributed by atoms with E-state index in [1.54, 1.807) is 36.5 Å². The van der Waals surface area contributed by atoms with Crippen LogP contribution in [-0.2, 0) is 109 Å². The largest absolute Gasteiger partial charge is 0.481 e. The summed E-state index contributed by atoms with van der Waals surface area (Å²) in [6.45, 7) is 1.30. The molecule has 2 heterocycles. The second-order valence-electron chi connectivity index (χ2n) is 28.0. The molecule has 1 aliphatic rings. The Morgan fingerprint density at radius 2 is 1.06 bits per heavy atom. The van der Waals surface area contributed by atoms with Crippen LogP contribution in [0.5, 0.6) is 0 Å². The van der Waals surface area contributed by atoms with Gasteiger partial charge in [0.15, 0.2) is 5.78 Å². The number of carbonyl (C=O) groups is 20. The lowest BCUT2D eigenvalue weighted by molar-refractivity contribution is -0.156. The van der Waals surface area contributed by atoms with Crippen LogP contribution in [0, 0.1) is 5.92 Å². The third-order valence-corrected chi connectivity index (χ3v) is 18.4. The summed E-state index contributed by atoms with van der Waals surface area (Å²) in [6.07, 6.45) is -2.34. The van der Waals surface area contributed by atoms with Gasteiger partial charge in [0.25, 0.3) is 0 Å². The van der Waals surface area contributed by atoms with E-state index in [2.05, 4.69) is 65.1 Å². The number of aromatic nitrogens is 1. The smallest absolute Gasteiger partial charge is 0.329 e. The van der Waals surface area contributed by atoms with E-state index in [1.165, 1.54) is 48.5 Å². The molecule has 0 bridgehead atoms. The number of carbonyl (C=O) groups excluding carboxylic acids is 16. The van der Waals surface area contributed by atoms with Gasteiger partial charge in [0.05, 0.1) is 51.8 Å². The Morgan fingerprint density at radius 1 is 0.525 bits per heavy atom. The number of hydrogen-bond acceptors (Lipinski definition) is 23. The van der Waals surface area contributed by atoms with Crippen molar-refractivity contribution in [2.75, 3.05) is 25.4 Å². The minimum Gasteiger partial charge on any atom is -0.481 e. The molecule has 0 aliphatic carbocycles. The van der Waals surface area contributed by atoms with Crippen molar-refractivity contribution in [1.29, 1.82) is 0 Å². The first kappa shape index (κ1) is 95.2. The van der Waals surface area contributed by atoms with Gasteiger partial charge >= 0.3 is 29.8 Å². The Morgan fingerprint density at radius 3 is 1.67 bits per heavy atom. The Kier molecular flexibility index (Phi) is 38.2. The molecule has 13 atom stereocenters. The summed E-state index contributed by atoms with van der Waals surface area (Å²) in [5.41, 5.74) is 12.7. The van der Waals surface area contributed by atoms with Crippen molar-refractivity contribution in [1.82, 2.24) is 74.1 Å². The van der Waals surface area contributed by atoms with Crippen molar-refractivity contribution >= 4 is 135 Å². The van der Waals surface area contributed by atoms with E-state index in [9.17, 15) is 121 Å². The molecule has 640 valence electrons. The standard InChI is InChI=1S/C76H100N16O26/c1-5-6-7-8-9-10-14-25-57(96)83-48(28-42-34-79-46-24-18-16-21-43(42)46)70(111)87-49(30-56(78)95)71(112)89-52(33-63(105)106)72(113)92-65-40(4)118-76(117)53(29-55(94)44-22-15-17-23-45(44)77)90-75(116)64(38(2)26-60(99)100)91-73(114)54(37-93)85-59(98)35-80-67(108)50(31-61(101)102)86-66(107)39(3)82-68(109)51(32-62(103)104)88-69(110)47(27-41-19-12-11-13-20-41)84-58(97)36-81-74(65)115/h11-13,15-24,34,38-40,47-54,64-65,79,93H,5-10,14,25-33,35-37,77H2,1-4H3,(H2,78,95)(H,80,108)(H,81,115)(H,82,109)(H,83,96)(H,84,97)(H,85,98)(H,86,107)(H,87,111)(H,88,110)(H,89,112)(H,90,116)(H,91,114)(H,92,113)(H,99,100)(H,101,102)(H,103,104)(H,105,106)/t38-,39+,40+,47-,48-,49-,50-,51-,52-,53-,54+,64-,65-/m0/s1. The summed E-state index contributed by atoms with van der Waals surface area (Å²) in [7, 11) is 0. The van der Waals surface area contributed by atoms with Crippen LogP contribution in [0.2, 0.25) is 0 Å². The number of carboxylic acid groups (broad SMARTS) is 4. The summed E-state index contributed by atoms with van der Waals surface area (Å²) >= 11 is 0. The predicted octanol–water partition coefficient (Wildman–Crippen LogP) is -4.12. The molecule has 0 spiro atoms. The molecule has 3 aromatic carbocycles. The Balaban J connectivity index is 1.62. The fourth-order valence-electron chi connectivity index (χ4n) is 12.2. The van der Waals surface area contributed by atoms with Gasteiger partial charge in [0.1, 0.15) is 72.6 Å². The molecule has 118 heavy (non-hydrogen) atoms. The summed E-state index contributed by atoms with van der Waals surface area (Å²) in [5, 5.41) is 79.2. The number of hydrogen-bond donors (Lipinski definition) is 21. The highest BCUT2D eigenvalue weighted by atomic mass is 16.5. The molecule has 14 amide bonds. The van der Waals surface area contributed by atoms with Gasteiger partial charge < -0.3 is 116 Å². The number of rotatable bonds is 34.